The van der Waals surface area contributed by atoms with E-state index in [4.69, 9.17) is 14.6 Å². The molecule has 1 aromatic rings. The summed E-state index contributed by atoms with van der Waals surface area (Å²) in [7, 11) is 3.18. The topological polar surface area (TPSA) is 93.1 Å². The van der Waals surface area contributed by atoms with Crippen molar-refractivity contribution < 1.29 is 29.0 Å². The van der Waals surface area contributed by atoms with Crippen molar-refractivity contribution in [3.63, 3.8) is 0 Å². The highest BCUT2D eigenvalue weighted by Gasteiger charge is 2.50. The first-order valence-electron chi connectivity index (χ1n) is 9.62. The van der Waals surface area contributed by atoms with Crippen molar-refractivity contribution in [3.8, 4) is 11.5 Å². The van der Waals surface area contributed by atoms with E-state index in [0.29, 0.717) is 30.9 Å². The van der Waals surface area contributed by atoms with Crippen molar-refractivity contribution in [1.29, 1.82) is 0 Å². The third-order valence-electron chi connectivity index (χ3n) is 6.09. The number of hydrogen-bond acceptors (Lipinski definition) is 5. The molecule has 3 aliphatic rings. The molecule has 0 saturated heterocycles. The highest BCUT2D eigenvalue weighted by Crippen LogP contribution is 2.58. The van der Waals surface area contributed by atoms with Gasteiger partial charge in [-0.15, -0.1) is 0 Å². The van der Waals surface area contributed by atoms with E-state index in [2.05, 4.69) is 0 Å². The van der Waals surface area contributed by atoms with Crippen molar-refractivity contribution in [2.45, 2.75) is 37.1 Å². The van der Waals surface area contributed by atoms with Gasteiger partial charge in [-0.05, 0) is 42.2 Å². The molecule has 0 aromatic heterocycles. The predicted molar refractivity (Wildman–Crippen MR) is 104 cm³/mol. The van der Waals surface area contributed by atoms with Crippen LogP contribution in [0.15, 0.2) is 30.4 Å². The molecule has 0 unspecified atom stereocenters. The molecule has 1 amide bonds. The Bertz CT molecular complexity index is 945. The zero-order valence-corrected chi connectivity index (χ0v) is 16.4. The van der Waals surface area contributed by atoms with Crippen LogP contribution in [-0.4, -0.2) is 48.4 Å². The Morgan fingerprint density at radius 3 is 2.55 bits per heavy atom. The second kappa shape index (κ2) is 7.06. The van der Waals surface area contributed by atoms with E-state index in [9.17, 15) is 14.4 Å². The number of fused-ring (bicyclic) bond motifs is 1. The molecule has 1 N–H and O–H groups in total. The zero-order chi connectivity index (χ0) is 20.8. The molecule has 1 atom stereocenters. The summed E-state index contributed by atoms with van der Waals surface area (Å²) in [5.41, 5.74) is 2.48. The summed E-state index contributed by atoms with van der Waals surface area (Å²) < 4.78 is 11.3. The monoisotopic (exact) mass is 397 g/mol. The van der Waals surface area contributed by atoms with Crippen LogP contribution >= 0.6 is 0 Å². The average molecular weight is 397 g/mol. The van der Waals surface area contributed by atoms with Crippen LogP contribution in [0, 0.1) is 0 Å². The maximum absolute atomic E-state index is 12.8. The Morgan fingerprint density at radius 1 is 1.21 bits per heavy atom. The number of allylic oxidation sites excluding steroid dienone is 4. The van der Waals surface area contributed by atoms with Crippen LogP contribution in [0.5, 0.6) is 11.5 Å². The van der Waals surface area contributed by atoms with Crippen LogP contribution in [0.4, 0.5) is 0 Å². The number of carboxylic acids is 1. The van der Waals surface area contributed by atoms with Crippen molar-refractivity contribution >= 4 is 17.7 Å². The summed E-state index contributed by atoms with van der Waals surface area (Å²) in [6.07, 6.45) is 7.89. The SMILES string of the molecule is COc1cc2c3c(c1OC)C1(C=CC(=O)C=C1)C[C@@H]3N(C(=O)CCC(=O)O)CC2. The van der Waals surface area contributed by atoms with Gasteiger partial charge in [0.1, 0.15) is 0 Å². The second-order valence-electron chi connectivity index (χ2n) is 7.62. The number of aliphatic carboxylic acids is 1. The van der Waals surface area contributed by atoms with Crippen molar-refractivity contribution in [3.05, 3.63) is 47.1 Å². The smallest absolute Gasteiger partial charge is 0.303 e. The van der Waals surface area contributed by atoms with Crippen LogP contribution in [0.1, 0.15) is 42.0 Å². The zero-order valence-electron chi connectivity index (χ0n) is 16.4. The molecule has 4 rings (SSSR count). The summed E-state index contributed by atoms with van der Waals surface area (Å²) in [4.78, 5) is 37.3. The van der Waals surface area contributed by atoms with E-state index in [1.807, 2.05) is 18.2 Å². The number of carbonyl (C=O) groups is 3. The van der Waals surface area contributed by atoms with Crippen molar-refractivity contribution in [2.24, 2.45) is 0 Å². The summed E-state index contributed by atoms with van der Waals surface area (Å²) in [5, 5.41) is 8.95. The molecule has 152 valence electrons. The number of ketones is 1. The number of carbonyl (C=O) groups excluding carboxylic acids is 2. The van der Waals surface area contributed by atoms with E-state index < -0.39 is 11.4 Å². The fraction of sp³-hybridized carbons (Fsp3) is 0.409. The first kappa shape index (κ1) is 19.2. The van der Waals surface area contributed by atoms with E-state index in [1.54, 1.807) is 31.3 Å². The van der Waals surface area contributed by atoms with Gasteiger partial charge in [0.25, 0.3) is 0 Å². The number of amides is 1. The lowest BCUT2D eigenvalue weighted by molar-refractivity contribution is -0.142. The standard InChI is InChI=1S/C22H23NO6/c1-28-16-11-13-7-10-23(17(25)3-4-18(26)27)15-12-22(8-5-14(24)6-9-22)20(19(13)15)21(16)29-2/h5-6,8-9,11,15H,3-4,7,10,12H2,1-2H3,(H,26,27)/t15-/m0/s1. The molecule has 29 heavy (non-hydrogen) atoms. The molecular formula is C22H23NO6. The Kier molecular flexibility index (Phi) is 4.68. The lowest BCUT2D eigenvalue weighted by Gasteiger charge is -2.35. The van der Waals surface area contributed by atoms with Gasteiger partial charge >= 0.3 is 5.97 Å². The minimum atomic E-state index is -0.984. The Hall–Kier alpha value is -3.09. The number of benzene rings is 1. The van der Waals surface area contributed by atoms with E-state index >= 15 is 0 Å². The fourth-order valence-corrected chi connectivity index (χ4v) is 4.83. The number of ether oxygens (including phenoxy) is 2. The Morgan fingerprint density at radius 2 is 1.93 bits per heavy atom. The van der Waals surface area contributed by atoms with E-state index in [0.717, 1.165) is 16.7 Å². The van der Waals surface area contributed by atoms with Gasteiger partial charge in [0, 0.05) is 23.9 Å². The maximum Gasteiger partial charge on any atom is 0.303 e. The Labute approximate surface area is 168 Å². The van der Waals surface area contributed by atoms with Crippen LogP contribution < -0.4 is 9.47 Å². The molecular weight excluding hydrogens is 374 g/mol. The molecule has 0 fully saturated rings. The van der Waals surface area contributed by atoms with E-state index in [-0.39, 0.29) is 30.6 Å². The van der Waals surface area contributed by atoms with Gasteiger partial charge in [-0.25, -0.2) is 0 Å². The molecule has 0 radical (unpaired) electrons. The number of nitrogens with zero attached hydrogens (tertiary/aromatic N) is 1. The van der Waals surface area contributed by atoms with Crippen molar-refractivity contribution in [2.75, 3.05) is 20.8 Å². The number of methoxy groups -OCH3 is 2. The molecule has 1 spiro atoms. The van der Waals surface area contributed by atoms with Crippen LogP contribution in [-0.2, 0) is 26.2 Å². The number of carboxylic acid groups (broad SMARTS) is 1. The van der Waals surface area contributed by atoms with Gasteiger partial charge < -0.3 is 19.5 Å². The molecule has 0 saturated carbocycles. The Balaban J connectivity index is 1.84. The normalized spacial score (nSPS) is 20.7. The minimum Gasteiger partial charge on any atom is -0.493 e. The summed E-state index contributed by atoms with van der Waals surface area (Å²) >= 11 is 0. The lowest BCUT2D eigenvalue weighted by atomic mass is 9.77. The molecule has 1 aliphatic heterocycles. The predicted octanol–water partition coefficient (Wildman–Crippen LogP) is 2.33. The molecule has 2 aliphatic carbocycles. The minimum absolute atomic E-state index is 0.0268. The van der Waals surface area contributed by atoms with Crippen LogP contribution in [0.25, 0.3) is 0 Å². The summed E-state index contributed by atoms with van der Waals surface area (Å²) in [6, 6.07) is 1.77. The van der Waals surface area contributed by atoms with Gasteiger partial charge in [0.05, 0.1) is 26.7 Å². The van der Waals surface area contributed by atoms with E-state index in [1.165, 1.54) is 0 Å². The number of rotatable bonds is 5. The van der Waals surface area contributed by atoms with Gasteiger partial charge in [0.2, 0.25) is 5.91 Å². The lowest BCUT2D eigenvalue weighted by Crippen LogP contribution is -2.39. The largest absolute Gasteiger partial charge is 0.493 e. The average Bonchev–Trinajstić information content (AvgIpc) is 3.04. The fourth-order valence-electron chi connectivity index (χ4n) is 4.83. The molecule has 7 heteroatoms. The first-order valence-corrected chi connectivity index (χ1v) is 9.62. The van der Waals surface area contributed by atoms with Gasteiger partial charge in [-0.3, -0.25) is 14.4 Å². The number of hydrogen-bond donors (Lipinski definition) is 1. The molecule has 1 aromatic carbocycles. The highest BCUT2D eigenvalue weighted by atomic mass is 16.5. The second-order valence-corrected chi connectivity index (χ2v) is 7.62. The maximum atomic E-state index is 12.8. The third kappa shape index (κ3) is 3.01. The summed E-state index contributed by atoms with van der Waals surface area (Å²) in [5.74, 6) is 0.0120. The van der Waals surface area contributed by atoms with Gasteiger partial charge in [-0.1, -0.05) is 12.2 Å². The summed E-state index contributed by atoms with van der Waals surface area (Å²) in [6.45, 7) is 0.521. The highest BCUT2D eigenvalue weighted by molar-refractivity contribution is 6.01. The van der Waals surface area contributed by atoms with Gasteiger partial charge in [-0.2, -0.15) is 0 Å². The van der Waals surface area contributed by atoms with Gasteiger partial charge in [0.15, 0.2) is 17.3 Å². The first-order chi connectivity index (χ1) is 13.9. The van der Waals surface area contributed by atoms with Crippen LogP contribution in [0.2, 0.25) is 0 Å². The van der Waals surface area contributed by atoms with Crippen LogP contribution in [0.3, 0.4) is 0 Å². The quantitative estimate of drug-likeness (QED) is 0.820. The molecule has 7 nitrogen and oxygen atoms in total. The third-order valence-corrected chi connectivity index (χ3v) is 6.09. The molecule has 0 bridgehead atoms. The van der Waals surface area contributed by atoms with Crippen molar-refractivity contribution in [1.82, 2.24) is 4.90 Å². The molecule has 1 heterocycles.